The quantitative estimate of drug-likeness (QED) is 0.922. The van der Waals surface area contributed by atoms with Crippen molar-refractivity contribution in [2.24, 2.45) is 17.1 Å². The van der Waals surface area contributed by atoms with Crippen LogP contribution in [-0.2, 0) is 17.6 Å². The summed E-state index contributed by atoms with van der Waals surface area (Å²) >= 11 is 0. The van der Waals surface area contributed by atoms with Crippen LogP contribution in [0, 0.1) is 18.3 Å². The molecule has 1 aliphatic rings. The Morgan fingerprint density at radius 3 is 2.60 bits per heavy atom. The lowest BCUT2D eigenvalue weighted by Crippen LogP contribution is -2.27. The van der Waals surface area contributed by atoms with Crippen molar-refractivity contribution >= 4 is 0 Å². The number of methoxy groups -OCH3 is 1. The van der Waals surface area contributed by atoms with Crippen LogP contribution in [0.25, 0.3) is 0 Å². The molecule has 0 spiro atoms. The van der Waals surface area contributed by atoms with Gasteiger partial charge >= 0.3 is 0 Å². The Balaban J connectivity index is 2.38. The second-order valence-corrected chi connectivity index (χ2v) is 6.92. The van der Waals surface area contributed by atoms with Gasteiger partial charge in [0.25, 0.3) is 0 Å². The summed E-state index contributed by atoms with van der Waals surface area (Å²) in [7, 11) is 1.73. The van der Waals surface area contributed by atoms with Gasteiger partial charge in [0.1, 0.15) is 6.10 Å². The van der Waals surface area contributed by atoms with E-state index in [-0.39, 0.29) is 11.5 Å². The molecule has 0 bridgehead atoms. The summed E-state index contributed by atoms with van der Waals surface area (Å²) in [5, 5.41) is 0. The van der Waals surface area contributed by atoms with E-state index in [1.807, 2.05) is 0 Å². The third kappa shape index (κ3) is 3.01. The molecule has 1 heterocycles. The van der Waals surface area contributed by atoms with E-state index in [4.69, 9.17) is 20.4 Å². The fourth-order valence-corrected chi connectivity index (χ4v) is 3.05. The average molecular weight is 277 g/mol. The van der Waals surface area contributed by atoms with E-state index < -0.39 is 0 Å². The second-order valence-electron chi connectivity index (χ2n) is 6.92. The molecule has 2 rings (SSSR count). The van der Waals surface area contributed by atoms with Crippen molar-refractivity contribution in [1.29, 1.82) is 0 Å². The van der Waals surface area contributed by atoms with Crippen molar-refractivity contribution in [2.45, 2.75) is 53.1 Å². The first-order valence-electron chi connectivity index (χ1n) is 7.46. The minimum absolute atomic E-state index is 0.0100. The molecular formula is C16H27N3O. The van der Waals surface area contributed by atoms with Crippen molar-refractivity contribution < 1.29 is 4.74 Å². The van der Waals surface area contributed by atoms with Gasteiger partial charge in [0.2, 0.25) is 0 Å². The van der Waals surface area contributed by atoms with E-state index in [0.717, 1.165) is 37.3 Å². The van der Waals surface area contributed by atoms with Gasteiger partial charge in [-0.15, -0.1) is 0 Å². The van der Waals surface area contributed by atoms with Gasteiger partial charge < -0.3 is 10.5 Å². The van der Waals surface area contributed by atoms with Gasteiger partial charge in [-0.1, -0.05) is 20.8 Å². The van der Waals surface area contributed by atoms with Crippen molar-refractivity contribution in [3.8, 4) is 0 Å². The number of hydrogen-bond acceptors (Lipinski definition) is 4. The number of aromatic nitrogens is 2. The summed E-state index contributed by atoms with van der Waals surface area (Å²) in [6.45, 7) is 9.30. The lowest BCUT2D eigenvalue weighted by Gasteiger charge is -2.30. The van der Waals surface area contributed by atoms with E-state index in [9.17, 15) is 0 Å². The van der Waals surface area contributed by atoms with Gasteiger partial charge in [-0.3, -0.25) is 0 Å². The third-order valence-corrected chi connectivity index (χ3v) is 4.19. The van der Waals surface area contributed by atoms with Crippen molar-refractivity contribution in [2.75, 3.05) is 13.7 Å². The molecule has 2 atom stereocenters. The summed E-state index contributed by atoms with van der Waals surface area (Å²) in [6.07, 6.45) is 3.09. The number of nitrogens with zero attached hydrogens (tertiary/aromatic N) is 2. The van der Waals surface area contributed by atoms with Gasteiger partial charge in [0, 0.05) is 18.5 Å². The lowest BCUT2D eigenvalue weighted by atomic mass is 9.85. The Bertz CT molecular complexity index is 479. The first kappa shape index (κ1) is 15.4. The maximum Gasteiger partial charge on any atom is 0.158 e. The van der Waals surface area contributed by atoms with Crippen LogP contribution in [0.2, 0.25) is 0 Å². The molecule has 1 aromatic heterocycles. The van der Waals surface area contributed by atoms with Gasteiger partial charge in [-0.05, 0) is 49.6 Å². The van der Waals surface area contributed by atoms with E-state index in [1.165, 1.54) is 11.3 Å². The largest absolute Gasteiger partial charge is 0.373 e. The van der Waals surface area contributed by atoms with Crippen LogP contribution in [0.4, 0.5) is 0 Å². The summed E-state index contributed by atoms with van der Waals surface area (Å²) in [5.74, 6) is 1.40. The molecule has 0 saturated carbocycles. The topological polar surface area (TPSA) is 61.0 Å². The molecule has 4 heteroatoms. The highest BCUT2D eigenvalue weighted by atomic mass is 16.5. The normalized spacial score (nSPS) is 20.6. The zero-order valence-corrected chi connectivity index (χ0v) is 13.4. The molecule has 112 valence electrons. The molecule has 20 heavy (non-hydrogen) atoms. The molecule has 2 unspecified atom stereocenters. The Hall–Kier alpha value is -1.00. The molecule has 0 fully saturated rings. The first-order chi connectivity index (χ1) is 9.36. The molecule has 4 nitrogen and oxygen atoms in total. The highest BCUT2D eigenvalue weighted by Gasteiger charge is 2.31. The number of ether oxygens (including phenoxy) is 1. The van der Waals surface area contributed by atoms with Gasteiger partial charge in [-0.25, -0.2) is 9.97 Å². The van der Waals surface area contributed by atoms with Crippen LogP contribution in [0.1, 0.15) is 56.1 Å². The number of nitrogens with two attached hydrogens (primary N) is 1. The van der Waals surface area contributed by atoms with Crippen molar-refractivity contribution in [3.05, 3.63) is 22.8 Å². The monoisotopic (exact) mass is 277 g/mol. The Labute approximate surface area is 122 Å². The zero-order chi connectivity index (χ0) is 14.9. The Kier molecular flexibility index (Phi) is 4.45. The number of hydrogen-bond donors (Lipinski definition) is 1. The Morgan fingerprint density at radius 2 is 2.05 bits per heavy atom. The molecule has 1 aromatic rings. The fourth-order valence-electron chi connectivity index (χ4n) is 3.05. The maximum atomic E-state index is 5.81. The van der Waals surface area contributed by atoms with Crippen LogP contribution in [0.5, 0.6) is 0 Å². The lowest BCUT2D eigenvalue weighted by molar-refractivity contribution is 0.00829. The summed E-state index contributed by atoms with van der Waals surface area (Å²) in [4.78, 5) is 9.52. The highest BCUT2D eigenvalue weighted by molar-refractivity contribution is 5.29. The number of fused-ring (bicyclic) bond motifs is 1. The van der Waals surface area contributed by atoms with Crippen LogP contribution in [0.3, 0.4) is 0 Å². The molecule has 2 N–H and O–H groups in total. The smallest absolute Gasteiger partial charge is 0.158 e. The first-order valence-corrected chi connectivity index (χ1v) is 7.46. The van der Waals surface area contributed by atoms with Gasteiger partial charge in [0.15, 0.2) is 5.82 Å². The van der Waals surface area contributed by atoms with E-state index in [0.29, 0.717) is 5.92 Å². The molecule has 0 saturated heterocycles. The summed E-state index contributed by atoms with van der Waals surface area (Å²) in [6, 6.07) is 0. The van der Waals surface area contributed by atoms with Crippen LogP contribution in [0.15, 0.2) is 0 Å². The molecule has 0 aliphatic heterocycles. The van der Waals surface area contributed by atoms with Gasteiger partial charge in [-0.2, -0.15) is 0 Å². The predicted molar refractivity (Wildman–Crippen MR) is 80.5 cm³/mol. The minimum Gasteiger partial charge on any atom is -0.373 e. The third-order valence-electron chi connectivity index (χ3n) is 4.19. The molecule has 0 amide bonds. The second kappa shape index (κ2) is 5.78. The number of aryl methyl sites for hydroxylation is 2. The summed E-state index contributed by atoms with van der Waals surface area (Å²) in [5.41, 5.74) is 9.39. The molecule has 0 aromatic carbocycles. The average Bonchev–Trinajstić information content (AvgIpc) is 2.37. The molecule has 0 radical (unpaired) electrons. The molecule has 1 aliphatic carbocycles. The van der Waals surface area contributed by atoms with Crippen LogP contribution < -0.4 is 5.73 Å². The Morgan fingerprint density at radius 1 is 1.35 bits per heavy atom. The van der Waals surface area contributed by atoms with Gasteiger partial charge in [0.05, 0.1) is 0 Å². The van der Waals surface area contributed by atoms with Crippen molar-refractivity contribution in [3.63, 3.8) is 0 Å². The van der Waals surface area contributed by atoms with E-state index >= 15 is 0 Å². The highest BCUT2D eigenvalue weighted by Crippen LogP contribution is 2.35. The predicted octanol–water partition coefficient (Wildman–Crippen LogP) is 2.58. The zero-order valence-electron chi connectivity index (χ0n) is 13.4. The van der Waals surface area contributed by atoms with Crippen LogP contribution in [-0.4, -0.2) is 23.6 Å². The fraction of sp³-hybridized carbons (Fsp3) is 0.750. The maximum absolute atomic E-state index is 5.81. The summed E-state index contributed by atoms with van der Waals surface area (Å²) < 4.78 is 5.64. The van der Waals surface area contributed by atoms with Crippen molar-refractivity contribution in [1.82, 2.24) is 9.97 Å². The van der Waals surface area contributed by atoms with Crippen LogP contribution >= 0.6 is 0 Å². The number of rotatable bonds is 3. The van der Waals surface area contributed by atoms with E-state index in [1.54, 1.807) is 7.11 Å². The SMILES string of the molecule is COC(c1nc(C)c2c(n1)CCC(CN)C2)C(C)(C)C. The standard InChI is InChI=1S/C16H27N3O/c1-10-12-8-11(9-17)6-7-13(12)19-15(18-10)14(20-5)16(2,3)4/h11,14H,6-9,17H2,1-5H3. The minimum atomic E-state index is -0.0706. The van der Waals surface area contributed by atoms with E-state index in [2.05, 4.69) is 27.7 Å². The molecular weight excluding hydrogens is 250 g/mol.